The predicted octanol–water partition coefficient (Wildman–Crippen LogP) is 1.43. The molecule has 0 spiro atoms. The van der Waals surface area contributed by atoms with E-state index in [1.165, 1.54) is 14.2 Å². The molecule has 0 rings (SSSR count). The van der Waals surface area contributed by atoms with Crippen LogP contribution < -0.4 is 0 Å². The second kappa shape index (κ2) is 5.32. The van der Waals surface area contributed by atoms with Crippen molar-refractivity contribution >= 4 is 13.6 Å². The third kappa shape index (κ3) is 4.98. The van der Waals surface area contributed by atoms with Crippen molar-refractivity contribution in [1.82, 2.24) is 0 Å². The average Bonchev–Trinajstić information content (AvgIpc) is 2.16. The Morgan fingerprint density at radius 3 is 2.20 bits per heavy atom. The van der Waals surface area contributed by atoms with Gasteiger partial charge in [0.2, 0.25) is 0 Å². The third-order valence-corrected chi connectivity index (χ3v) is 3.35. The normalized spacial score (nSPS) is 11.9. The van der Waals surface area contributed by atoms with Crippen LogP contribution in [0.15, 0.2) is 0 Å². The first-order valence-electron chi connectivity index (χ1n) is 4.19. The molecular weight excluding hydrogens is 219 g/mol. The highest BCUT2D eigenvalue weighted by Gasteiger charge is 2.29. The molecule has 0 amide bonds. The van der Waals surface area contributed by atoms with Crippen molar-refractivity contribution in [2.75, 3.05) is 20.4 Å². The van der Waals surface area contributed by atoms with Crippen molar-refractivity contribution < 1.29 is 23.1 Å². The summed E-state index contributed by atoms with van der Waals surface area (Å²) < 4.78 is 25.6. The summed E-state index contributed by atoms with van der Waals surface area (Å²) in [5, 5.41) is 0. The molecule has 0 aliphatic rings. The van der Waals surface area contributed by atoms with Gasteiger partial charge in [0.25, 0.3) is 0 Å². The Morgan fingerprint density at radius 1 is 1.40 bits per heavy atom. The summed E-state index contributed by atoms with van der Waals surface area (Å²) in [6.07, 6.45) is 4.67. The minimum absolute atomic E-state index is 0.453. The molecule has 0 bridgehead atoms. The van der Waals surface area contributed by atoms with Gasteiger partial charge in [-0.05, 0) is 13.8 Å². The number of ether oxygens (including phenoxy) is 1. The van der Waals surface area contributed by atoms with Crippen LogP contribution in [0.5, 0.6) is 0 Å². The standard InChI is InChI=1S/C9H15O5P/c1-6-9(2,3)14-8(10)7-15(11,12-4)13-5/h1H,7H2,2-5H3. The summed E-state index contributed by atoms with van der Waals surface area (Å²) in [6, 6.07) is 0. The van der Waals surface area contributed by atoms with E-state index in [4.69, 9.17) is 11.2 Å². The van der Waals surface area contributed by atoms with E-state index in [1.54, 1.807) is 13.8 Å². The first-order valence-corrected chi connectivity index (χ1v) is 5.91. The molecule has 0 aromatic carbocycles. The molecular formula is C9H15O5P. The highest BCUT2D eigenvalue weighted by atomic mass is 31.2. The van der Waals surface area contributed by atoms with Crippen LogP contribution in [0.25, 0.3) is 0 Å². The zero-order chi connectivity index (χ0) is 12.1. The summed E-state index contributed by atoms with van der Waals surface area (Å²) in [6.45, 7) is 3.10. The lowest BCUT2D eigenvalue weighted by atomic mass is 10.1. The van der Waals surface area contributed by atoms with Crippen molar-refractivity contribution in [3.63, 3.8) is 0 Å². The Balaban J connectivity index is 4.41. The molecule has 86 valence electrons. The van der Waals surface area contributed by atoms with Gasteiger partial charge >= 0.3 is 13.6 Å². The van der Waals surface area contributed by atoms with Crippen LogP contribution in [0.2, 0.25) is 0 Å². The van der Waals surface area contributed by atoms with E-state index in [0.29, 0.717) is 0 Å². The number of carbonyl (C=O) groups excluding carboxylic acids is 1. The van der Waals surface area contributed by atoms with Crippen LogP contribution in [0, 0.1) is 12.3 Å². The molecule has 15 heavy (non-hydrogen) atoms. The van der Waals surface area contributed by atoms with Crippen LogP contribution in [0.3, 0.4) is 0 Å². The fraction of sp³-hybridized carbons (Fsp3) is 0.667. The Hall–Kier alpha value is -0.820. The monoisotopic (exact) mass is 234 g/mol. The number of hydrogen-bond acceptors (Lipinski definition) is 5. The maximum atomic E-state index is 11.5. The fourth-order valence-corrected chi connectivity index (χ4v) is 1.50. The molecule has 0 heterocycles. The van der Waals surface area contributed by atoms with Gasteiger partial charge in [0.05, 0.1) is 0 Å². The van der Waals surface area contributed by atoms with Gasteiger partial charge in [-0.2, -0.15) is 0 Å². The van der Waals surface area contributed by atoms with E-state index in [1.807, 2.05) is 0 Å². The zero-order valence-corrected chi connectivity index (χ0v) is 10.2. The van der Waals surface area contributed by atoms with E-state index in [2.05, 4.69) is 15.0 Å². The SMILES string of the molecule is C#CC(C)(C)OC(=O)CP(=O)(OC)OC. The van der Waals surface area contributed by atoms with Gasteiger partial charge in [0, 0.05) is 14.2 Å². The van der Waals surface area contributed by atoms with Crippen molar-refractivity contribution in [3.8, 4) is 12.3 Å². The third-order valence-electron chi connectivity index (χ3n) is 1.60. The lowest BCUT2D eigenvalue weighted by Gasteiger charge is -2.20. The summed E-state index contributed by atoms with van der Waals surface area (Å²) in [5.41, 5.74) is -1.02. The van der Waals surface area contributed by atoms with Gasteiger partial charge in [-0.15, -0.1) is 6.42 Å². The number of hydrogen-bond donors (Lipinski definition) is 0. The molecule has 0 unspecified atom stereocenters. The highest BCUT2D eigenvalue weighted by molar-refractivity contribution is 7.54. The minimum atomic E-state index is -3.38. The maximum absolute atomic E-state index is 11.5. The molecule has 0 aromatic heterocycles. The number of esters is 1. The maximum Gasteiger partial charge on any atom is 0.341 e. The van der Waals surface area contributed by atoms with Gasteiger partial charge in [0.15, 0.2) is 5.60 Å². The molecule has 0 saturated carbocycles. The summed E-state index contributed by atoms with van der Waals surface area (Å²) in [4.78, 5) is 11.3. The predicted molar refractivity (Wildman–Crippen MR) is 55.5 cm³/mol. The van der Waals surface area contributed by atoms with Crippen molar-refractivity contribution in [1.29, 1.82) is 0 Å². The molecule has 0 radical (unpaired) electrons. The lowest BCUT2D eigenvalue weighted by molar-refractivity contribution is -0.148. The van der Waals surface area contributed by atoms with Gasteiger partial charge in [0.1, 0.15) is 6.16 Å². The zero-order valence-electron chi connectivity index (χ0n) is 9.27. The van der Waals surface area contributed by atoms with Crippen LogP contribution in [-0.4, -0.2) is 32.0 Å². The quantitative estimate of drug-likeness (QED) is 0.409. The Bertz CT molecular complexity index is 307. The Morgan fingerprint density at radius 2 is 1.87 bits per heavy atom. The van der Waals surface area contributed by atoms with Gasteiger partial charge in [-0.3, -0.25) is 9.36 Å². The second-order valence-electron chi connectivity index (χ2n) is 3.26. The first kappa shape index (κ1) is 14.2. The largest absolute Gasteiger partial charge is 0.446 e. The van der Waals surface area contributed by atoms with Crippen LogP contribution in [-0.2, 0) is 23.1 Å². The molecule has 0 fully saturated rings. The summed E-state index contributed by atoms with van der Waals surface area (Å²) >= 11 is 0. The van der Waals surface area contributed by atoms with E-state index in [-0.39, 0.29) is 0 Å². The number of rotatable bonds is 5. The van der Waals surface area contributed by atoms with E-state index >= 15 is 0 Å². The van der Waals surface area contributed by atoms with Crippen LogP contribution in [0.4, 0.5) is 0 Å². The average molecular weight is 234 g/mol. The van der Waals surface area contributed by atoms with Gasteiger partial charge in [-0.1, -0.05) is 5.92 Å². The minimum Gasteiger partial charge on any atom is -0.446 e. The fourth-order valence-electron chi connectivity index (χ4n) is 0.708. The van der Waals surface area contributed by atoms with Gasteiger partial charge < -0.3 is 13.8 Å². The highest BCUT2D eigenvalue weighted by Crippen LogP contribution is 2.46. The van der Waals surface area contributed by atoms with Crippen LogP contribution in [0.1, 0.15) is 13.8 Å². The molecule has 0 aliphatic heterocycles. The molecule has 5 nitrogen and oxygen atoms in total. The molecule has 0 atom stereocenters. The molecule has 0 aromatic rings. The first-order chi connectivity index (χ1) is 6.78. The van der Waals surface area contributed by atoms with Crippen LogP contribution >= 0.6 is 7.60 Å². The van der Waals surface area contributed by atoms with E-state index in [0.717, 1.165) is 0 Å². The summed E-state index contributed by atoms with van der Waals surface area (Å²) in [5.74, 6) is 1.56. The van der Waals surface area contributed by atoms with Crippen molar-refractivity contribution in [2.24, 2.45) is 0 Å². The second-order valence-corrected chi connectivity index (χ2v) is 5.53. The van der Waals surface area contributed by atoms with Crippen molar-refractivity contribution in [3.05, 3.63) is 0 Å². The van der Waals surface area contributed by atoms with Gasteiger partial charge in [-0.25, -0.2) is 0 Å². The Kier molecular flexibility index (Phi) is 5.02. The summed E-state index contributed by atoms with van der Waals surface area (Å²) in [7, 11) is -0.980. The lowest BCUT2D eigenvalue weighted by Crippen LogP contribution is -2.27. The smallest absolute Gasteiger partial charge is 0.341 e. The van der Waals surface area contributed by atoms with E-state index < -0.39 is 25.3 Å². The Labute approximate surface area is 89.6 Å². The topological polar surface area (TPSA) is 61.8 Å². The molecule has 6 heteroatoms. The number of carbonyl (C=O) groups is 1. The van der Waals surface area contributed by atoms with Crippen molar-refractivity contribution in [2.45, 2.75) is 19.4 Å². The molecule has 0 N–H and O–H groups in total. The van der Waals surface area contributed by atoms with E-state index in [9.17, 15) is 9.36 Å². The number of terminal acetylenes is 1. The molecule has 0 aliphatic carbocycles. The molecule has 0 saturated heterocycles.